The monoisotopic (exact) mass is 309 g/mol. The molecule has 3 aromatic heterocycles. The van der Waals surface area contributed by atoms with Gasteiger partial charge in [-0.1, -0.05) is 0 Å². The summed E-state index contributed by atoms with van der Waals surface area (Å²) < 4.78 is 1.71. The van der Waals surface area contributed by atoms with Crippen LogP contribution in [0.3, 0.4) is 0 Å². The third-order valence-corrected chi connectivity index (χ3v) is 4.35. The second-order valence-electron chi connectivity index (χ2n) is 6.01. The molecule has 23 heavy (non-hydrogen) atoms. The molecular weight excluding hydrogens is 290 g/mol. The molecule has 0 spiro atoms. The van der Waals surface area contributed by atoms with Crippen LogP contribution in [-0.2, 0) is 0 Å². The molecule has 7 heteroatoms. The maximum Gasteiger partial charge on any atom is 0.177 e. The highest BCUT2D eigenvalue weighted by Crippen LogP contribution is 2.23. The third kappa shape index (κ3) is 2.87. The Balaban J connectivity index is 1.29. The van der Waals surface area contributed by atoms with E-state index in [0.29, 0.717) is 12.0 Å². The largest absolute Gasteiger partial charge is 0.354 e. The molecule has 7 nitrogen and oxygen atoms in total. The molecule has 0 aromatic carbocycles. The number of anilines is 1. The fraction of sp³-hybridized carbons (Fsp3) is 0.375. The van der Waals surface area contributed by atoms with Crippen molar-refractivity contribution < 1.29 is 0 Å². The van der Waals surface area contributed by atoms with Crippen molar-refractivity contribution in [1.29, 1.82) is 0 Å². The summed E-state index contributed by atoms with van der Waals surface area (Å²) >= 11 is 0. The van der Waals surface area contributed by atoms with Crippen molar-refractivity contribution >= 4 is 11.5 Å². The van der Waals surface area contributed by atoms with E-state index in [1.165, 1.54) is 5.56 Å². The van der Waals surface area contributed by atoms with Crippen molar-refractivity contribution in [2.75, 3.05) is 24.5 Å². The topological polar surface area (TPSA) is 71.2 Å². The third-order valence-electron chi connectivity index (χ3n) is 4.35. The average molecular weight is 309 g/mol. The Kier molecular flexibility index (Phi) is 3.63. The van der Waals surface area contributed by atoms with Crippen molar-refractivity contribution in [1.82, 2.24) is 30.1 Å². The number of hydrogen-bond donors (Lipinski definition) is 1. The van der Waals surface area contributed by atoms with E-state index < -0.39 is 0 Å². The molecule has 3 aromatic rings. The lowest BCUT2D eigenvalue weighted by Gasteiger charge is -2.40. The minimum absolute atomic E-state index is 0.346. The summed E-state index contributed by atoms with van der Waals surface area (Å²) in [5.41, 5.74) is 2.05. The van der Waals surface area contributed by atoms with Gasteiger partial charge in [-0.2, -0.15) is 4.52 Å². The first-order chi connectivity index (χ1) is 11.3. The van der Waals surface area contributed by atoms with Crippen molar-refractivity contribution in [3.05, 3.63) is 48.5 Å². The summed E-state index contributed by atoms with van der Waals surface area (Å²) in [6, 6.07) is 8.42. The minimum Gasteiger partial charge on any atom is -0.354 e. The molecule has 4 heterocycles. The van der Waals surface area contributed by atoms with Gasteiger partial charge >= 0.3 is 0 Å². The number of nitrogens with zero attached hydrogens (tertiary/aromatic N) is 6. The zero-order chi connectivity index (χ0) is 15.6. The van der Waals surface area contributed by atoms with Crippen LogP contribution in [-0.4, -0.2) is 44.4 Å². The maximum absolute atomic E-state index is 4.52. The number of hydrogen-bond acceptors (Lipinski definition) is 6. The molecule has 1 atom stereocenters. The van der Waals surface area contributed by atoms with E-state index in [2.05, 4.69) is 49.6 Å². The summed E-state index contributed by atoms with van der Waals surface area (Å²) in [5, 5.41) is 16.0. The Bertz CT molecular complexity index is 779. The predicted octanol–water partition coefficient (Wildman–Crippen LogP) is 1.31. The normalized spacial score (nSPS) is 16.5. The lowest BCUT2D eigenvalue weighted by Crippen LogP contribution is -2.51. The fourth-order valence-corrected chi connectivity index (χ4v) is 2.89. The SMILES string of the molecule is CC(NCC1CN(c2ccc3nncn3n2)C1)c1ccncc1. The van der Waals surface area contributed by atoms with Crippen molar-refractivity contribution in [2.24, 2.45) is 5.92 Å². The summed E-state index contributed by atoms with van der Waals surface area (Å²) in [6.45, 7) is 5.25. The van der Waals surface area contributed by atoms with Crippen LogP contribution < -0.4 is 10.2 Å². The number of aromatic nitrogens is 5. The number of fused-ring (bicyclic) bond motifs is 1. The van der Waals surface area contributed by atoms with Crippen molar-refractivity contribution in [2.45, 2.75) is 13.0 Å². The van der Waals surface area contributed by atoms with E-state index in [1.54, 1.807) is 10.8 Å². The molecule has 1 fully saturated rings. The van der Waals surface area contributed by atoms with Gasteiger partial charge in [-0.05, 0) is 36.8 Å². The Morgan fingerprint density at radius 3 is 2.87 bits per heavy atom. The molecule has 0 bridgehead atoms. The number of rotatable bonds is 5. The molecule has 1 saturated heterocycles. The van der Waals surface area contributed by atoms with Crippen LogP contribution in [0.5, 0.6) is 0 Å². The lowest BCUT2D eigenvalue weighted by molar-refractivity contribution is 0.366. The second-order valence-corrected chi connectivity index (χ2v) is 6.01. The zero-order valence-corrected chi connectivity index (χ0v) is 13.0. The van der Waals surface area contributed by atoms with Gasteiger partial charge in [-0.3, -0.25) is 4.98 Å². The van der Waals surface area contributed by atoms with Gasteiger partial charge in [-0.15, -0.1) is 15.3 Å². The summed E-state index contributed by atoms with van der Waals surface area (Å²) in [6.07, 6.45) is 5.31. The first kappa shape index (κ1) is 14.1. The minimum atomic E-state index is 0.346. The van der Waals surface area contributed by atoms with E-state index in [-0.39, 0.29) is 0 Å². The maximum atomic E-state index is 4.52. The lowest BCUT2D eigenvalue weighted by atomic mass is 9.99. The predicted molar refractivity (Wildman–Crippen MR) is 87.1 cm³/mol. The first-order valence-electron chi connectivity index (χ1n) is 7.85. The number of pyridine rings is 1. The van der Waals surface area contributed by atoms with Crippen LogP contribution in [0, 0.1) is 5.92 Å². The highest BCUT2D eigenvalue weighted by molar-refractivity contribution is 5.46. The van der Waals surface area contributed by atoms with Crippen LogP contribution in [0.2, 0.25) is 0 Å². The molecule has 0 radical (unpaired) electrons. The van der Waals surface area contributed by atoms with E-state index >= 15 is 0 Å². The van der Waals surface area contributed by atoms with Crippen molar-refractivity contribution in [3.8, 4) is 0 Å². The first-order valence-corrected chi connectivity index (χ1v) is 7.85. The van der Waals surface area contributed by atoms with Gasteiger partial charge in [0.2, 0.25) is 0 Å². The molecule has 0 aliphatic carbocycles. The van der Waals surface area contributed by atoms with E-state index in [9.17, 15) is 0 Å². The van der Waals surface area contributed by atoms with Gasteiger partial charge in [0.25, 0.3) is 0 Å². The highest BCUT2D eigenvalue weighted by Gasteiger charge is 2.28. The Morgan fingerprint density at radius 1 is 1.22 bits per heavy atom. The van der Waals surface area contributed by atoms with Crippen LogP contribution in [0.1, 0.15) is 18.5 Å². The molecule has 1 aliphatic heterocycles. The Morgan fingerprint density at radius 2 is 2.04 bits per heavy atom. The quantitative estimate of drug-likeness (QED) is 0.766. The molecule has 118 valence electrons. The molecule has 0 saturated carbocycles. The molecule has 1 unspecified atom stereocenters. The van der Waals surface area contributed by atoms with Crippen LogP contribution >= 0.6 is 0 Å². The highest BCUT2D eigenvalue weighted by atomic mass is 15.4. The summed E-state index contributed by atoms with van der Waals surface area (Å²) in [7, 11) is 0. The number of nitrogens with one attached hydrogen (secondary N) is 1. The van der Waals surface area contributed by atoms with Gasteiger partial charge in [0, 0.05) is 44.0 Å². The average Bonchev–Trinajstić information content (AvgIpc) is 3.01. The second kappa shape index (κ2) is 5.92. The van der Waals surface area contributed by atoms with Crippen LogP contribution in [0.25, 0.3) is 5.65 Å². The van der Waals surface area contributed by atoms with Crippen LogP contribution in [0.4, 0.5) is 5.82 Å². The van der Waals surface area contributed by atoms with Gasteiger partial charge in [0.05, 0.1) is 0 Å². The standard InChI is InChI=1S/C16H19N7/c1-12(14-4-6-17-7-5-14)18-8-13-9-22(10-13)16-3-2-15-20-19-11-23(15)21-16/h2-7,11-13,18H,8-10H2,1H3. The summed E-state index contributed by atoms with van der Waals surface area (Å²) in [5.74, 6) is 1.63. The van der Waals surface area contributed by atoms with Gasteiger partial charge < -0.3 is 10.2 Å². The Hall–Kier alpha value is -2.54. The van der Waals surface area contributed by atoms with Crippen LogP contribution in [0.15, 0.2) is 43.0 Å². The van der Waals surface area contributed by atoms with E-state index in [4.69, 9.17) is 0 Å². The molecule has 4 rings (SSSR count). The molecule has 1 aliphatic rings. The Labute approximate surface area is 134 Å². The zero-order valence-electron chi connectivity index (χ0n) is 13.0. The molecular formula is C16H19N7. The van der Waals surface area contributed by atoms with Gasteiger partial charge in [-0.25, -0.2) is 0 Å². The van der Waals surface area contributed by atoms with Crippen molar-refractivity contribution in [3.63, 3.8) is 0 Å². The molecule has 1 N–H and O–H groups in total. The fourth-order valence-electron chi connectivity index (χ4n) is 2.89. The van der Waals surface area contributed by atoms with Gasteiger partial charge in [0.1, 0.15) is 12.1 Å². The summed E-state index contributed by atoms with van der Waals surface area (Å²) in [4.78, 5) is 6.34. The van der Waals surface area contributed by atoms with Gasteiger partial charge in [0.15, 0.2) is 5.65 Å². The smallest absolute Gasteiger partial charge is 0.177 e. The van der Waals surface area contributed by atoms with E-state index in [1.807, 2.05) is 24.5 Å². The molecule has 0 amide bonds. The van der Waals surface area contributed by atoms with E-state index in [0.717, 1.165) is 31.1 Å².